The maximum atomic E-state index is 10.6. The predicted molar refractivity (Wildman–Crippen MR) is 38.5 cm³/mol. The van der Waals surface area contributed by atoms with E-state index in [-0.39, 0.29) is 0 Å². The number of methoxy groups -OCH3 is 1. The van der Waals surface area contributed by atoms with Crippen molar-refractivity contribution in [2.75, 3.05) is 14.2 Å². The van der Waals surface area contributed by atoms with E-state index in [1.54, 1.807) is 0 Å². The summed E-state index contributed by atoms with van der Waals surface area (Å²) >= 11 is 0. The molecule has 0 heterocycles. The smallest absolute Gasteiger partial charge is 0.336 e. The lowest BCUT2D eigenvalue weighted by Crippen LogP contribution is -2.48. The maximum Gasteiger partial charge on any atom is 0.336 e. The van der Waals surface area contributed by atoms with Crippen LogP contribution in [0.3, 0.4) is 0 Å². The summed E-state index contributed by atoms with van der Waals surface area (Å²) in [5, 5.41) is 19.8. The Morgan fingerprint density at radius 2 is 2.00 bits per heavy atom. The molecule has 0 aromatic rings. The van der Waals surface area contributed by atoms with E-state index in [0.29, 0.717) is 0 Å². The highest BCUT2D eigenvalue weighted by Crippen LogP contribution is 1.95. The second kappa shape index (κ2) is 4.68. The number of rotatable bonds is 4. The summed E-state index contributed by atoms with van der Waals surface area (Å²) in [4.78, 5) is 21.0. The predicted octanol–water partition coefficient (Wildman–Crippen LogP) is -1.81. The number of carboxylic acids is 1. The number of carboxylic acid groups (broad SMARTS) is 1. The van der Waals surface area contributed by atoms with Crippen molar-refractivity contribution in [3.8, 4) is 0 Å². The summed E-state index contributed by atoms with van der Waals surface area (Å²) in [6.07, 6.45) is -1.68. The Labute approximate surface area is 69.1 Å². The topological polar surface area (TPSA) is 95.9 Å². The van der Waals surface area contributed by atoms with E-state index in [9.17, 15) is 9.59 Å². The second-order valence-electron chi connectivity index (χ2n) is 2.07. The third-order valence-electron chi connectivity index (χ3n) is 1.34. The molecule has 2 atom stereocenters. The van der Waals surface area contributed by atoms with Crippen molar-refractivity contribution >= 4 is 11.9 Å². The molecule has 0 spiro atoms. The fourth-order valence-corrected chi connectivity index (χ4v) is 0.673. The number of aliphatic carboxylic acids is 1. The Hall–Kier alpha value is -1.14. The molecule has 0 aromatic heterocycles. The number of esters is 1. The number of carbonyl (C=O) groups is 2. The van der Waals surface area contributed by atoms with Gasteiger partial charge >= 0.3 is 11.9 Å². The summed E-state index contributed by atoms with van der Waals surface area (Å²) in [6, 6.07) is -1.34. The zero-order valence-electron chi connectivity index (χ0n) is 6.77. The first-order valence-corrected chi connectivity index (χ1v) is 3.20. The van der Waals surface area contributed by atoms with Gasteiger partial charge in [-0.3, -0.25) is 4.79 Å². The van der Waals surface area contributed by atoms with Crippen molar-refractivity contribution in [3.63, 3.8) is 0 Å². The van der Waals surface area contributed by atoms with Gasteiger partial charge in [-0.25, -0.2) is 4.79 Å². The number of likely N-dealkylation sites (N-methyl/N-ethyl adjacent to an activating group) is 1. The fraction of sp³-hybridized carbons (Fsp3) is 0.667. The van der Waals surface area contributed by atoms with Gasteiger partial charge in [-0.15, -0.1) is 0 Å². The van der Waals surface area contributed by atoms with E-state index in [2.05, 4.69) is 10.1 Å². The van der Waals surface area contributed by atoms with Gasteiger partial charge < -0.3 is 20.3 Å². The molecule has 6 heteroatoms. The van der Waals surface area contributed by atoms with Crippen molar-refractivity contribution < 1.29 is 24.5 Å². The zero-order chi connectivity index (χ0) is 9.72. The Morgan fingerprint density at radius 1 is 1.50 bits per heavy atom. The number of carbonyl (C=O) groups excluding carboxylic acids is 1. The highest BCUT2D eigenvalue weighted by atomic mass is 16.5. The van der Waals surface area contributed by atoms with Gasteiger partial charge in [0.25, 0.3) is 0 Å². The molecule has 6 nitrogen and oxygen atoms in total. The molecule has 0 bridgehead atoms. The van der Waals surface area contributed by atoms with Crippen molar-refractivity contribution in [2.45, 2.75) is 12.1 Å². The molecule has 0 aliphatic rings. The van der Waals surface area contributed by atoms with Crippen molar-refractivity contribution in [1.82, 2.24) is 5.32 Å². The van der Waals surface area contributed by atoms with Crippen LogP contribution in [0.2, 0.25) is 0 Å². The highest BCUT2D eigenvalue weighted by molar-refractivity contribution is 5.85. The van der Waals surface area contributed by atoms with Crippen LogP contribution in [0.15, 0.2) is 0 Å². The van der Waals surface area contributed by atoms with Gasteiger partial charge in [0.2, 0.25) is 0 Å². The number of aliphatic hydroxyl groups is 1. The van der Waals surface area contributed by atoms with Gasteiger partial charge in [0.15, 0.2) is 6.10 Å². The lowest BCUT2D eigenvalue weighted by molar-refractivity contribution is -0.158. The lowest BCUT2D eigenvalue weighted by Gasteiger charge is -2.15. The van der Waals surface area contributed by atoms with Crippen LogP contribution in [0.1, 0.15) is 0 Å². The van der Waals surface area contributed by atoms with Crippen LogP contribution >= 0.6 is 0 Å². The van der Waals surface area contributed by atoms with E-state index in [1.807, 2.05) is 0 Å². The third kappa shape index (κ3) is 2.48. The van der Waals surface area contributed by atoms with Crippen LogP contribution in [-0.4, -0.2) is 48.5 Å². The van der Waals surface area contributed by atoms with E-state index in [4.69, 9.17) is 10.2 Å². The standard InChI is InChI=1S/C6H11NO5/c1-7-3(5(9)10)4(8)6(11)12-2/h3-4,7-8H,1-2H3,(H,9,10)/t3-,4+/m1/s1. The number of ether oxygens (including phenoxy) is 1. The van der Waals surface area contributed by atoms with E-state index in [1.165, 1.54) is 7.05 Å². The maximum absolute atomic E-state index is 10.6. The number of hydrogen-bond acceptors (Lipinski definition) is 5. The van der Waals surface area contributed by atoms with Crippen LogP contribution in [0, 0.1) is 0 Å². The van der Waals surface area contributed by atoms with E-state index < -0.39 is 24.1 Å². The lowest BCUT2D eigenvalue weighted by atomic mass is 10.1. The molecule has 0 radical (unpaired) electrons. The van der Waals surface area contributed by atoms with E-state index >= 15 is 0 Å². The van der Waals surface area contributed by atoms with Crippen LogP contribution in [0.4, 0.5) is 0 Å². The third-order valence-corrected chi connectivity index (χ3v) is 1.34. The SMILES string of the molecule is CN[C@@H](C(=O)O)[C@H](O)C(=O)OC. The van der Waals surface area contributed by atoms with Gasteiger partial charge in [-0.1, -0.05) is 0 Å². The van der Waals surface area contributed by atoms with Crippen LogP contribution < -0.4 is 5.32 Å². The molecule has 12 heavy (non-hydrogen) atoms. The minimum atomic E-state index is -1.68. The molecule has 0 aliphatic carbocycles. The Balaban J connectivity index is 4.30. The molecule has 0 saturated carbocycles. The molecule has 0 aliphatic heterocycles. The van der Waals surface area contributed by atoms with Crippen molar-refractivity contribution in [2.24, 2.45) is 0 Å². The quantitative estimate of drug-likeness (QED) is 0.438. The van der Waals surface area contributed by atoms with Gasteiger partial charge in [-0.05, 0) is 7.05 Å². The number of nitrogens with one attached hydrogen (secondary N) is 1. The fourth-order valence-electron chi connectivity index (χ4n) is 0.673. The summed E-state index contributed by atoms with van der Waals surface area (Å²) in [7, 11) is 2.39. The summed E-state index contributed by atoms with van der Waals surface area (Å²) in [6.45, 7) is 0. The van der Waals surface area contributed by atoms with Crippen molar-refractivity contribution in [3.05, 3.63) is 0 Å². The van der Waals surface area contributed by atoms with Gasteiger partial charge in [-0.2, -0.15) is 0 Å². The number of hydrogen-bond donors (Lipinski definition) is 3. The van der Waals surface area contributed by atoms with E-state index in [0.717, 1.165) is 7.11 Å². The van der Waals surface area contributed by atoms with Crippen LogP contribution in [-0.2, 0) is 14.3 Å². The molecule has 3 N–H and O–H groups in total. The summed E-state index contributed by atoms with van der Waals surface area (Å²) in [5.74, 6) is -2.29. The molecule has 70 valence electrons. The molecule has 0 aromatic carbocycles. The minimum Gasteiger partial charge on any atom is -0.480 e. The summed E-state index contributed by atoms with van der Waals surface area (Å²) in [5.41, 5.74) is 0. The molecule has 0 saturated heterocycles. The normalized spacial score (nSPS) is 14.9. The first-order valence-electron chi connectivity index (χ1n) is 3.20. The first kappa shape index (κ1) is 10.9. The first-order chi connectivity index (χ1) is 5.54. The average molecular weight is 177 g/mol. The Morgan fingerprint density at radius 3 is 2.25 bits per heavy atom. The minimum absolute atomic E-state index is 0.975. The molecule has 0 rings (SSSR count). The highest BCUT2D eigenvalue weighted by Gasteiger charge is 2.31. The summed E-state index contributed by atoms with van der Waals surface area (Å²) < 4.78 is 4.15. The molecular formula is C6H11NO5. The van der Waals surface area contributed by atoms with Crippen LogP contribution in [0.25, 0.3) is 0 Å². The monoisotopic (exact) mass is 177 g/mol. The Kier molecular flexibility index (Phi) is 4.24. The largest absolute Gasteiger partial charge is 0.480 e. The van der Waals surface area contributed by atoms with Gasteiger partial charge in [0.1, 0.15) is 6.04 Å². The molecular weight excluding hydrogens is 166 g/mol. The van der Waals surface area contributed by atoms with Crippen molar-refractivity contribution in [1.29, 1.82) is 0 Å². The Bertz CT molecular complexity index is 181. The van der Waals surface area contributed by atoms with Gasteiger partial charge in [0.05, 0.1) is 7.11 Å². The van der Waals surface area contributed by atoms with Gasteiger partial charge in [0, 0.05) is 0 Å². The second-order valence-corrected chi connectivity index (χ2v) is 2.07. The molecule has 0 unspecified atom stereocenters. The average Bonchev–Trinajstić information content (AvgIpc) is 2.03. The molecule has 0 amide bonds. The zero-order valence-corrected chi connectivity index (χ0v) is 6.77. The molecule has 0 fully saturated rings. The number of aliphatic hydroxyl groups excluding tert-OH is 1. The van der Waals surface area contributed by atoms with Crippen LogP contribution in [0.5, 0.6) is 0 Å².